The molecule has 19 heavy (non-hydrogen) atoms. The molecule has 0 aromatic heterocycles. The maximum atomic E-state index is 5.56. The van der Waals surface area contributed by atoms with Crippen LogP contribution in [0.5, 0.6) is 11.5 Å². The van der Waals surface area contributed by atoms with Crippen LogP contribution >= 0.6 is 0 Å². The zero-order valence-electron chi connectivity index (χ0n) is 12.3. The molecule has 1 aliphatic heterocycles. The summed E-state index contributed by atoms with van der Waals surface area (Å²) < 4.78 is 10.9. The van der Waals surface area contributed by atoms with Crippen LogP contribution in [0, 0.1) is 0 Å². The van der Waals surface area contributed by atoms with E-state index in [-0.39, 0.29) is 0 Å². The van der Waals surface area contributed by atoms with E-state index < -0.39 is 0 Å². The molecule has 1 atom stereocenters. The Bertz CT molecular complexity index is 417. The molecule has 0 fully saturated rings. The molecule has 0 aliphatic carbocycles. The number of ether oxygens (including phenoxy) is 2. The Morgan fingerprint density at radius 3 is 2.74 bits per heavy atom. The van der Waals surface area contributed by atoms with Crippen molar-refractivity contribution in [2.45, 2.75) is 45.1 Å². The van der Waals surface area contributed by atoms with Crippen LogP contribution in [0.1, 0.15) is 49.8 Å². The molecule has 0 saturated heterocycles. The smallest absolute Gasteiger partial charge is 0.164 e. The summed E-state index contributed by atoms with van der Waals surface area (Å²) in [5, 5.41) is 3.63. The van der Waals surface area contributed by atoms with Gasteiger partial charge in [0.05, 0.1) is 14.2 Å². The number of unbranched alkanes of at least 4 members (excludes halogenated alkanes) is 2. The highest BCUT2D eigenvalue weighted by atomic mass is 16.5. The Labute approximate surface area is 116 Å². The summed E-state index contributed by atoms with van der Waals surface area (Å²) in [7, 11) is 3.43. The minimum absolute atomic E-state index is 0.468. The van der Waals surface area contributed by atoms with Crippen molar-refractivity contribution in [3.8, 4) is 11.5 Å². The van der Waals surface area contributed by atoms with Gasteiger partial charge in [0.2, 0.25) is 0 Å². The van der Waals surface area contributed by atoms with Gasteiger partial charge < -0.3 is 14.8 Å². The first-order valence-electron chi connectivity index (χ1n) is 7.29. The second-order valence-electron chi connectivity index (χ2n) is 5.12. The number of hydrogen-bond donors (Lipinski definition) is 1. The first kappa shape index (κ1) is 14.2. The molecule has 1 aromatic rings. The van der Waals surface area contributed by atoms with Gasteiger partial charge >= 0.3 is 0 Å². The van der Waals surface area contributed by atoms with Crippen LogP contribution in [0.2, 0.25) is 0 Å². The average Bonchev–Trinajstić information content (AvgIpc) is 2.46. The zero-order chi connectivity index (χ0) is 13.7. The minimum Gasteiger partial charge on any atom is -0.493 e. The van der Waals surface area contributed by atoms with Gasteiger partial charge in [-0.15, -0.1) is 0 Å². The number of fused-ring (bicyclic) bond motifs is 1. The number of nitrogens with one attached hydrogen (secondary N) is 1. The standard InChI is InChI=1S/C16H25NO2/c1-4-5-6-7-14-12-8-9-15(18-2)16(19-3)13(12)10-11-17-14/h8-9,14,17H,4-7,10-11H2,1-3H3. The quantitative estimate of drug-likeness (QED) is 0.797. The predicted molar refractivity (Wildman–Crippen MR) is 78.1 cm³/mol. The van der Waals surface area contributed by atoms with Crippen molar-refractivity contribution < 1.29 is 9.47 Å². The molecule has 1 aromatic carbocycles. The van der Waals surface area contributed by atoms with Gasteiger partial charge in [-0.2, -0.15) is 0 Å². The molecule has 0 bridgehead atoms. The summed E-state index contributed by atoms with van der Waals surface area (Å²) in [6.07, 6.45) is 6.07. The molecule has 1 aliphatic rings. The third kappa shape index (κ3) is 3.03. The Balaban J connectivity index is 2.24. The van der Waals surface area contributed by atoms with Gasteiger partial charge in [-0.3, -0.25) is 0 Å². The van der Waals surface area contributed by atoms with E-state index in [1.807, 2.05) is 6.07 Å². The molecule has 0 radical (unpaired) electrons. The topological polar surface area (TPSA) is 30.5 Å². The molecule has 2 rings (SSSR count). The van der Waals surface area contributed by atoms with Crippen molar-refractivity contribution in [2.24, 2.45) is 0 Å². The van der Waals surface area contributed by atoms with Crippen LogP contribution in [0.25, 0.3) is 0 Å². The SMILES string of the molecule is CCCCCC1NCCc2c1ccc(OC)c2OC. The van der Waals surface area contributed by atoms with Gasteiger partial charge in [-0.1, -0.05) is 32.3 Å². The second-order valence-corrected chi connectivity index (χ2v) is 5.12. The maximum absolute atomic E-state index is 5.56. The highest BCUT2D eigenvalue weighted by Gasteiger charge is 2.24. The zero-order valence-corrected chi connectivity index (χ0v) is 12.3. The van der Waals surface area contributed by atoms with Crippen LogP contribution in [-0.2, 0) is 6.42 Å². The lowest BCUT2D eigenvalue weighted by atomic mass is 9.90. The third-order valence-corrected chi connectivity index (χ3v) is 3.92. The van der Waals surface area contributed by atoms with Crippen molar-refractivity contribution in [3.63, 3.8) is 0 Å². The molecule has 106 valence electrons. The number of rotatable bonds is 6. The van der Waals surface area contributed by atoms with Gasteiger partial charge in [0.15, 0.2) is 11.5 Å². The largest absolute Gasteiger partial charge is 0.493 e. The van der Waals surface area contributed by atoms with E-state index in [2.05, 4.69) is 18.3 Å². The number of methoxy groups -OCH3 is 2. The Morgan fingerprint density at radius 1 is 1.21 bits per heavy atom. The van der Waals surface area contributed by atoms with E-state index in [1.54, 1.807) is 14.2 Å². The fourth-order valence-corrected chi connectivity index (χ4v) is 2.93. The Kier molecular flexibility index (Phi) is 5.08. The van der Waals surface area contributed by atoms with Crippen LogP contribution < -0.4 is 14.8 Å². The van der Waals surface area contributed by atoms with Crippen LogP contribution in [0.4, 0.5) is 0 Å². The van der Waals surface area contributed by atoms with E-state index in [0.29, 0.717) is 6.04 Å². The molecular formula is C16H25NO2. The van der Waals surface area contributed by atoms with E-state index in [1.165, 1.54) is 36.8 Å². The molecule has 3 nitrogen and oxygen atoms in total. The van der Waals surface area contributed by atoms with E-state index in [0.717, 1.165) is 24.5 Å². The lowest BCUT2D eigenvalue weighted by Crippen LogP contribution is -2.30. The van der Waals surface area contributed by atoms with Gasteiger partial charge in [-0.25, -0.2) is 0 Å². The molecule has 3 heteroatoms. The van der Waals surface area contributed by atoms with Gasteiger partial charge in [-0.05, 0) is 31.0 Å². The summed E-state index contributed by atoms with van der Waals surface area (Å²) in [4.78, 5) is 0. The summed E-state index contributed by atoms with van der Waals surface area (Å²) in [6.45, 7) is 3.27. The van der Waals surface area contributed by atoms with Gasteiger partial charge in [0, 0.05) is 11.6 Å². The number of hydrogen-bond acceptors (Lipinski definition) is 3. The Morgan fingerprint density at radius 2 is 2.05 bits per heavy atom. The molecule has 1 N–H and O–H groups in total. The highest BCUT2D eigenvalue weighted by Crippen LogP contribution is 2.39. The molecule has 1 heterocycles. The van der Waals surface area contributed by atoms with Gasteiger partial charge in [0.1, 0.15) is 0 Å². The monoisotopic (exact) mass is 263 g/mol. The normalized spacial score (nSPS) is 17.9. The second kappa shape index (κ2) is 6.80. The van der Waals surface area contributed by atoms with Gasteiger partial charge in [0.25, 0.3) is 0 Å². The molecule has 0 spiro atoms. The van der Waals surface area contributed by atoms with E-state index in [9.17, 15) is 0 Å². The lowest BCUT2D eigenvalue weighted by Gasteiger charge is -2.29. The van der Waals surface area contributed by atoms with Crippen LogP contribution in [-0.4, -0.2) is 20.8 Å². The fraction of sp³-hybridized carbons (Fsp3) is 0.625. The van der Waals surface area contributed by atoms with Crippen molar-refractivity contribution in [2.75, 3.05) is 20.8 Å². The van der Waals surface area contributed by atoms with Crippen molar-refractivity contribution in [3.05, 3.63) is 23.3 Å². The van der Waals surface area contributed by atoms with Crippen molar-refractivity contribution in [1.82, 2.24) is 5.32 Å². The summed E-state index contributed by atoms with van der Waals surface area (Å²) in [5.74, 6) is 1.76. The Hall–Kier alpha value is -1.22. The predicted octanol–water partition coefficient (Wildman–Crippen LogP) is 3.47. The molecule has 0 amide bonds. The average molecular weight is 263 g/mol. The molecular weight excluding hydrogens is 238 g/mol. The fourth-order valence-electron chi connectivity index (χ4n) is 2.93. The van der Waals surface area contributed by atoms with Crippen molar-refractivity contribution >= 4 is 0 Å². The lowest BCUT2D eigenvalue weighted by molar-refractivity contribution is 0.345. The summed E-state index contributed by atoms with van der Waals surface area (Å²) in [6, 6.07) is 4.69. The first-order valence-corrected chi connectivity index (χ1v) is 7.29. The number of benzene rings is 1. The van der Waals surface area contributed by atoms with Crippen LogP contribution in [0.15, 0.2) is 12.1 Å². The van der Waals surface area contributed by atoms with E-state index >= 15 is 0 Å². The molecule has 0 saturated carbocycles. The molecule has 1 unspecified atom stereocenters. The first-order chi connectivity index (χ1) is 9.31. The summed E-state index contributed by atoms with van der Waals surface area (Å²) in [5.41, 5.74) is 2.71. The van der Waals surface area contributed by atoms with E-state index in [4.69, 9.17) is 9.47 Å². The third-order valence-electron chi connectivity index (χ3n) is 3.92. The maximum Gasteiger partial charge on any atom is 0.164 e. The minimum atomic E-state index is 0.468. The van der Waals surface area contributed by atoms with Crippen LogP contribution in [0.3, 0.4) is 0 Å². The summed E-state index contributed by atoms with van der Waals surface area (Å²) >= 11 is 0. The van der Waals surface area contributed by atoms with Crippen molar-refractivity contribution in [1.29, 1.82) is 0 Å². The highest BCUT2D eigenvalue weighted by molar-refractivity contribution is 5.52.